The summed E-state index contributed by atoms with van der Waals surface area (Å²) in [5, 5.41) is 0. The van der Waals surface area contributed by atoms with Crippen LogP contribution in [0.1, 0.15) is 23.1 Å². The van der Waals surface area contributed by atoms with Crippen LogP contribution in [0.5, 0.6) is 0 Å². The average molecular weight is 277 g/mol. The van der Waals surface area contributed by atoms with Crippen molar-refractivity contribution in [2.75, 3.05) is 7.05 Å². The molecule has 4 rings (SSSR count). The molecule has 0 amide bonds. The van der Waals surface area contributed by atoms with Crippen molar-refractivity contribution in [3.63, 3.8) is 0 Å². The zero-order chi connectivity index (χ0) is 14.6. The Hall–Kier alpha value is -2.13. The molecule has 0 spiro atoms. The molecule has 2 atom stereocenters. The van der Waals surface area contributed by atoms with Gasteiger partial charge in [0.2, 0.25) is 0 Å². The molecule has 0 radical (unpaired) electrons. The van der Waals surface area contributed by atoms with Crippen LogP contribution in [0.25, 0.3) is 5.57 Å². The van der Waals surface area contributed by atoms with Crippen LogP contribution >= 0.6 is 0 Å². The first kappa shape index (κ1) is 12.6. The maximum absolute atomic E-state index is 6.24. The number of aryl methyl sites for hydroxylation is 1. The molecule has 106 valence electrons. The van der Waals surface area contributed by atoms with Crippen LogP contribution in [0.2, 0.25) is 0 Å². The third-order valence-electron chi connectivity index (χ3n) is 4.63. The van der Waals surface area contributed by atoms with Crippen molar-refractivity contribution in [2.24, 2.45) is 10.7 Å². The monoisotopic (exact) mass is 277 g/mol. The number of hydrogen-bond acceptors (Lipinski definition) is 3. The van der Waals surface area contributed by atoms with Crippen LogP contribution in [0.4, 0.5) is 0 Å². The fraction of sp³-hybridized carbons (Fsp3) is 0.278. The molecular weight excluding hydrogens is 258 g/mol. The lowest BCUT2D eigenvalue weighted by Gasteiger charge is -2.41. The first-order valence-electron chi connectivity index (χ1n) is 7.38. The van der Waals surface area contributed by atoms with Crippen LogP contribution in [0, 0.1) is 6.92 Å². The van der Waals surface area contributed by atoms with E-state index in [2.05, 4.69) is 55.3 Å². The maximum Gasteiger partial charge on any atom is 0.129 e. The Balaban J connectivity index is 1.93. The van der Waals surface area contributed by atoms with Gasteiger partial charge in [-0.05, 0) is 36.8 Å². The predicted octanol–water partition coefficient (Wildman–Crippen LogP) is 2.62. The third kappa shape index (κ3) is 1.81. The second-order valence-electron chi connectivity index (χ2n) is 6.07. The highest BCUT2D eigenvalue weighted by Crippen LogP contribution is 2.38. The van der Waals surface area contributed by atoms with Crippen LogP contribution in [0.15, 0.2) is 52.7 Å². The summed E-state index contributed by atoms with van der Waals surface area (Å²) >= 11 is 0. The molecule has 0 saturated carbocycles. The first-order chi connectivity index (χ1) is 10.1. The number of rotatable bonds is 0. The Morgan fingerprint density at radius 2 is 2.19 bits per heavy atom. The Bertz CT molecular complexity index is 737. The molecule has 0 aromatic heterocycles. The molecule has 3 aliphatic rings. The number of nitrogens with zero attached hydrogens (tertiary/aromatic N) is 2. The molecule has 3 heteroatoms. The van der Waals surface area contributed by atoms with E-state index in [1.807, 2.05) is 6.21 Å². The molecule has 0 saturated heterocycles. The van der Waals surface area contributed by atoms with Crippen LogP contribution in [-0.4, -0.2) is 30.4 Å². The first-order valence-corrected chi connectivity index (χ1v) is 7.38. The van der Waals surface area contributed by atoms with Crippen molar-refractivity contribution in [3.05, 3.63) is 64.4 Å². The van der Waals surface area contributed by atoms with E-state index in [0.717, 1.165) is 12.1 Å². The summed E-state index contributed by atoms with van der Waals surface area (Å²) in [4.78, 5) is 7.06. The molecule has 2 aliphatic heterocycles. The topological polar surface area (TPSA) is 41.6 Å². The molecule has 2 N–H and O–H groups in total. The Morgan fingerprint density at radius 1 is 1.33 bits per heavy atom. The largest absolute Gasteiger partial charge is 0.402 e. The van der Waals surface area contributed by atoms with Gasteiger partial charge in [0, 0.05) is 23.9 Å². The van der Waals surface area contributed by atoms with Gasteiger partial charge in [-0.25, -0.2) is 0 Å². The molecule has 0 bridgehead atoms. The van der Waals surface area contributed by atoms with Gasteiger partial charge in [0.15, 0.2) is 0 Å². The number of benzene rings is 1. The van der Waals surface area contributed by atoms with E-state index < -0.39 is 0 Å². The molecule has 1 aromatic carbocycles. The summed E-state index contributed by atoms with van der Waals surface area (Å²) in [5.74, 6) is 0. The molecule has 3 nitrogen and oxygen atoms in total. The van der Waals surface area contributed by atoms with E-state index in [9.17, 15) is 0 Å². The van der Waals surface area contributed by atoms with Crippen molar-refractivity contribution in [1.29, 1.82) is 0 Å². The van der Waals surface area contributed by atoms with Crippen LogP contribution in [0.3, 0.4) is 0 Å². The summed E-state index contributed by atoms with van der Waals surface area (Å²) in [6.07, 6.45) is 9.59. The summed E-state index contributed by atoms with van der Waals surface area (Å²) < 4.78 is 0. The van der Waals surface area contributed by atoms with Gasteiger partial charge in [0.25, 0.3) is 0 Å². The predicted molar refractivity (Wildman–Crippen MR) is 87.1 cm³/mol. The average Bonchev–Trinajstić information content (AvgIpc) is 2.48. The zero-order valence-electron chi connectivity index (χ0n) is 12.4. The molecule has 2 heterocycles. The highest BCUT2D eigenvalue weighted by molar-refractivity contribution is 5.94. The van der Waals surface area contributed by atoms with E-state index >= 15 is 0 Å². The Morgan fingerprint density at radius 3 is 3.05 bits per heavy atom. The van der Waals surface area contributed by atoms with E-state index in [0.29, 0.717) is 0 Å². The van der Waals surface area contributed by atoms with Gasteiger partial charge in [0.1, 0.15) is 6.17 Å². The Labute approximate surface area is 125 Å². The summed E-state index contributed by atoms with van der Waals surface area (Å²) in [5.41, 5.74) is 13.5. The smallest absolute Gasteiger partial charge is 0.129 e. The lowest BCUT2D eigenvalue weighted by atomic mass is 9.84. The van der Waals surface area contributed by atoms with Gasteiger partial charge < -0.3 is 5.73 Å². The minimum atomic E-state index is 0.0867. The van der Waals surface area contributed by atoms with Gasteiger partial charge >= 0.3 is 0 Å². The van der Waals surface area contributed by atoms with Crippen molar-refractivity contribution in [2.45, 2.75) is 25.6 Å². The minimum absolute atomic E-state index is 0.0867. The number of likely N-dealkylation sites (N-methyl/N-ethyl adjacent to an activating group) is 1. The van der Waals surface area contributed by atoms with E-state index in [1.165, 1.54) is 27.8 Å². The zero-order valence-corrected chi connectivity index (χ0v) is 12.4. The maximum atomic E-state index is 6.24. The molecular formula is C18H19N3. The molecule has 0 fully saturated rings. The number of nitrogens with two attached hydrogens (primary N) is 1. The van der Waals surface area contributed by atoms with Gasteiger partial charge in [-0.15, -0.1) is 0 Å². The highest BCUT2D eigenvalue weighted by atomic mass is 15.3. The van der Waals surface area contributed by atoms with E-state index in [1.54, 1.807) is 0 Å². The second kappa shape index (κ2) is 4.43. The number of allylic oxidation sites excluding steroid dienone is 1. The highest BCUT2D eigenvalue weighted by Gasteiger charge is 2.35. The molecule has 2 unspecified atom stereocenters. The van der Waals surface area contributed by atoms with Gasteiger partial charge in [-0.2, -0.15) is 0 Å². The van der Waals surface area contributed by atoms with Crippen LogP contribution < -0.4 is 5.73 Å². The van der Waals surface area contributed by atoms with Crippen LogP contribution in [-0.2, 0) is 0 Å². The summed E-state index contributed by atoms with van der Waals surface area (Å²) in [7, 11) is 2.13. The van der Waals surface area contributed by atoms with Gasteiger partial charge in [-0.3, -0.25) is 9.89 Å². The summed E-state index contributed by atoms with van der Waals surface area (Å²) in [6.45, 7) is 2.13. The van der Waals surface area contributed by atoms with Gasteiger partial charge in [-0.1, -0.05) is 35.9 Å². The SMILES string of the molecule is Cc1ccc2c(c1)C1=CC3=C(N)CC=CC3N(C)C1N=C2. The summed E-state index contributed by atoms with van der Waals surface area (Å²) in [6, 6.07) is 6.78. The minimum Gasteiger partial charge on any atom is -0.402 e. The fourth-order valence-electron chi connectivity index (χ4n) is 3.47. The third-order valence-corrected chi connectivity index (χ3v) is 4.63. The quantitative estimate of drug-likeness (QED) is 0.741. The molecule has 21 heavy (non-hydrogen) atoms. The van der Waals surface area contributed by atoms with Crippen molar-refractivity contribution in [1.82, 2.24) is 4.90 Å². The van der Waals surface area contributed by atoms with Crippen molar-refractivity contribution in [3.8, 4) is 0 Å². The lowest BCUT2D eigenvalue weighted by molar-refractivity contribution is 0.264. The lowest BCUT2D eigenvalue weighted by Crippen LogP contribution is -2.45. The Kier molecular flexibility index (Phi) is 2.66. The molecule has 1 aromatic rings. The normalized spacial score (nSPS) is 27.0. The standard InChI is InChI=1S/C18H19N3/c1-11-6-7-12-10-20-18-14(13(12)8-11)9-15-16(19)4-3-5-17(15)21(18)2/h3,5-10,17-18H,4,19H2,1-2H3. The van der Waals surface area contributed by atoms with Gasteiger partial charge in [0.05, 0.1) is 6.04 Å². The number of fused-ring (bicyclic) bond motifs is 4. The number of aliphatic imine (C=N–C) groups is 1. The van der Waals surface area contributed by atoms with E-state index in [4.69, 9.17) is 10.7 Å². The molecule has 1 aliphatic carbocycles. The van der Waals surface area contributed by atoms with E-state index in [-0.39, 0.29) is 12.2 Å². The second-order valence-corrected chi connectivity index (χ2v) is 6.07. The number of hydrogen-bond donors (Lipinski definition) is 1. The fourth-order valence-corrected chi connectivity index (χ4v) is 3.47. The van der Waals surface area contributed by atoms with Crippen molar-refractivity contribution < 1.29 is 0 Å². The van der Waals surface area contributed by atoms with Crippen molar-refractivity contribution >= 4 is 11.8 Å².